The molecule has 2 atom stereocenters. The molecule has 0 spiro atoms. The molecule has 5 nitrogen and oxygen atoms in total. The molecule has 1 aliphatic heterocycles. The molecule has 1 aromatic heterocycles. The second-order valence-corrected chi connectivity index (χ2v) is 7.18. The first-order valence-corrected chi connectivity index (χ1v) is 8.85. The number of hydrogen-bond donors (Lipinski definition) is 1. The van der Waals surface area contributed by atoms with E-state index in [9.17, 15) is 4.79 Å². The first-order chi connectivity index (χ1) is 12.1. The molecule has 0 radical (unpaired) electrons. The van der Waals surface area contributed by atoms with Crippen LogP contribution in [0.4, 0.5) is 0 Å². The van der Waals surface area contributed by atoms with Crippen LogP contribution in [0.15, 0.2) is 30.5 Å². The van der Waals surface area contributed by atoms with Crippen molar-refractivity contribution >= 4 is 22.4 Å². The van der Waals surface area contributed by atoms with E-state index in [1.165, 1.54) is 27.6 Å². The van der Waals surface area contributed by atoms with Crippen LogP contribution < -0.4 is 0 Å². The Labute approximate surface area is 148 Å². The van der Waals surface area contributed by atoms with Crippen LogP contribution in [0.3, 0.4) is 0 Å². The van der Waals surface area contributed by atoms with Gasteiger partial charge in [-0.25, -0.2) is 0 Å². The fourth-order valence-electron chi connectivity index (χ4n) is 4.23. The number of methoxy groups -OCH3 is 1. The molecule has 0 fully saturated rings. The Balaban J connectivity index is 1.71. The highest BCUT2D eigenvalue weighted by Gasteiger charge is 2.36. The van der Waals surface area contributed by atoms with Gasteiger partial charge < -0.3 is 14.6 Å². The summed E-state index contributed by atoms with van der Waals surface area (Å²) in [6.07, 6.45) is 5.34. The number of H-pyrrole nitrogens is 1. The predicted molar refractivity (Wildman–Crippen MR) is 99.4 cm³/mol. The fraction of sp³-hybridized carbons (Fsp3) is 0.450. The quantitative estimate of drug-likeness (QED) is 0.928. The monoisotopic (exact) mass is 339 g/mol. The maximum Gasteiger partial charge on any atom is 0.230 e. The summed E-state index contributed by atoms with van der Waals surface area (Å²) in [4.78, 5) is 20.4. The zero-order valence-electron chi connectivity index (χ0n) is 15.1. The van der Waals surface area contributed by atoms with E-state index in [0.29, 0.717) is 19.2 Å². The van der Waals surface area contributed by atoms with Crippen molar-refractivity contribution in [1.29, 1.82) is 0 Å². The smallest absolute Gasteiger partial charge is 0.230 e. The van der Waals surface area contributed by atoms with Crippen molar-refractivity contribution < 1.29 is 9.53 Å². The molecule has 5 heteroatoms. The average molecular weight is 339 g/mol. The van der Waals surface area contributed by atoms with Crippen LogP contribution in [0.1, 0.15) is 11.1 Å². The van der Waals surface area contributed by atoms with E-state index >= 15 is 0 Å². The molecule has 1 amide bonds. The Morgan fingerprint density at radius 2 is 2.28 bits per heavy atom. The van der Waals surface area contributed by atoms with E-state index in [0.717, 1.165) is 13.0 Å². The lowest BCUT2D eigenvalue weighted by Crippen LogP contribution is -2.47. The molecule has 25 heavy (non-hydrogen) atoms. The lowest BCUT2D eigenvalue weighted by atomic mass is 9.79. The van der Waals surface area contributed by atoms with E-state index in [-0.39, 0.29) is 11.8 Å². The lowest BCUT2D eigenvalue weighted by Gasteiger charge is -2.40. The molecule has 2 unspecified atom stereocenters. The predicted octanol–water partition coefficient (Wildman–Crippen LogP) is 2.14. The Morgan fingerprint density at radius 3 is 3.08 bits per heavy atom. The summed E-state index contributed by atoms with van der Waals surface area (Å²) in [5, 5.41) is 1.32. The van der Waals surface area contributed by atoms with Crippen molar-refractivity contribution in [3.05, 3.63) is 41.6 Å². The number of nitrogens with one attached hydrogen (secondary N) is 1. The fourth-order valence-corrected chi connectivity index (χ4v) is 4.23. The third kappa shape index (κ3) is 2.68. The largest absolute Gasteiger partial charge is 0.383 e. The molecule has 0 bridgehead atoms. The van der Waals surface area contributed by atoms with Crippen molar-refractivity contribution in [2.75, 3.05) is 40.9 Å². The van der Waals surface area contributed by atoms with Gasteiger partial charge in [-0.05, 0) is 36.2 Å². The maximum atomic E-state index is 12.9. The molecule has 132 valence electrons. The van der Waals surface area contributed by atoms with Crippen LogP contribution in [0.2, 0.25) is 0 Å². The summed E-state index contributed by atoms with van der Waals surface area (Å²) in [5.74, 6) is 0.0655. The molecule has 2 aromatic rings. The Kier molecular flexibility index (Phi) is 4.13. The summed E-state index contributed by atoms with van der Waals surface area (Å²) in [6.45, 7) is 1.95. The standard InChI is InChI=1S/C20H25N3O2/c1-22(7-8-25-3)20(24)14-9-16-15-5-4-6-17-19(15)13(11-21-17)10-18(16)23(2)12-14/h4-6,9,11,14,18,21H,7-8,10,12H2,1-3H3. The molecule has 2 aliphatic rings. The van der Waals surface area contributed by atoms with Crippen molar-refractivity contribution in [2.24, 2.45) is 5.92 Å². The van der Waals surface area contributed by atoms with Gasteiger partial charge in [0.05, 0.1) is 12.5 Å². The van der Waals surface area contributed by atoms with Gasteiger partial charge in [-0.2, -0.15) is 0 Å². The van der Waals surface area contributed by atoms with Gasteiger partial charge in [0.15, 0.2) is 0 Å². The van der Waals surface area contributed by atoms with E-state index in [1.54, 1.807) is 12.0 Å². The highest BCUT2D eigenvalue weighted by Crippen LogP contribution is 2.40. The zero-order valence-corrected chi connectivity index (χ0v) is 15.1. The summed E-state index contributed by atoms with van der Waals surface area (Å²) < 4.78 is 5.10. The summed E-state index contributed by atoms with van der Waals surface area (Å²) in [7, 11) is 5.65. The van der Waals surface area contributed by atoms with Gasteiger partial charge in [0.25, 0.3) is 0 Å². The number of benzene rings is 1. The summed E-state index contributed by atoms with van der Waals surface area (Å²) >= 11 is 0. The number of carbonyl (C=O) groups is 1. The van der Waals surface area contributed by atoms with E-state index in [1.807, 2.05) is 7.05 Å². The van der Waals surface area contributed by atoms with Crippen LogP contribution >= 0.6 is 0 Å². The maximum absolute atomic E-state index is 12.9. The number of amides is 1. The van der Waals surface area contributed by atoms with E-state index in [2.05, 4.69) is 47.4 Å². The Bertz CT molecular complexity index is 839. The molecule has 4 rings (SSSR count). The van der Waals surface area contributed by atoms with Crippen molar-refractivity contribution in [2.45, 2.75) is 12.5 Å². The molecule has 1 N–H and O–H groups in total. The molecular formula is C20H25N3O2. The Hall–Kier alpha value is -2.11. The first kappa shape index (κ1) is 16.4. The number of nitrogens with zero attached hydrogens (tertiary/aromatic N) is 2. The average Bonchev–Trinajstić information content (AvgIpc) is 3.04. The topological polar surface area (TPSA) is 48.6 Å². The summed E-state index contributed by atoms with van der Waals surface area (Å²) in [6, 6.07) is 6.75. The lowest BCUT2D eigenvalue weighted by molar-refractivity contribution is -0.134. The minimum atomic E-state index is -0.103. The molecule has 1 aromatic carbocycles. The van der Waals surface area contributed by atoms with Gasteiger partial charge in [-0.3, -0.25) is 9.69 Å². The third-order valence-corrected chi connectivity index (χ3v) is 5.59. The number of carbonyl (C=O) groups excluding carboxylic acids is 1. The number of aromatic nitrogens is 1. The van der Waals surface area contributed by atoms with Crippen LogP contribution in [0, 0.1) is 5.92 Å². The highest BCUT2D eigenvalue weighted by atomic mass is 16.5. The number of aromatic amines is 1. The van der Waals surface area contributed by atoms with Gasteiger partial charge in [0.1, 0.15) is 0 Å². The van der Waals surface area contributed by atoms with Gasteiger partial charge in [-0.1, -0.05) is 18.2 Å². The van der Waals surface area contributed by atoms with Crippen molar-refractivity contribution in [3.8, 4) is 0 Å². The first-order valence-electron chi connectivity index (χ1n) is 8.85. The number of fused-ring (bicyclic) bond motifs is 2. The van der Waals surface area contributed by atoms with Gasteiger partial charge >= 0.3 is 0 Å². The summed E-state index contributed by atoms with van der Waals surface area (Å²) in [5.41, 5.74) is 5.13. The minimum Gasteiger partial charge on any atom is -0.383 e. The van der Waals surface area contributed by atoms with Gasteiger partial charge in [0.2, 0.25) is 5.91 Å². The number of rotatable bonds is 4. The highest BCUT2D eigenvalue weighted by molar-refractivity contribution is 5.99. The van der Waals surface area contributed by atoms with Crippen LogP contribution in [0.25, 0.3) is 16.5 Å². The van der Waals surface area contributed by atoms with Crippen LogP contribution in [-0.2, 0) is 16.0 Å². The minimum absolute atomic E-state index is 0.103. The number of hydrogen-bond acceptors (Lipinski definition) is 3. The van der Waals surface area contributed by atoms with Gasteiger partial charge in [-0.15, -0.1) is 0 Å². The number of likely N-dealkylation sites (N-methyl/N-ethyl adjacent to an activating group) is 2. The van der Waals surface area contributed by atoms with E-state index < -0.39 is 0 Å². The zero-order chi connectivity index (χ0) is 17.6. The number of ether oxygens (including phenoxy) is 1. The van der Waals surface area contributed by atoms with Crippen molar-refractivity contribution in [3.63, 3.8) is 0 Å². The second kappa shape index (κ2) is 6.32. The van der Waals surface area contributed by atoms with Gasteiger partial charge in [0, 0.05) is 50.4 Å². The van der Waals surface area contributed by atoms with Crippen LogP contribution in [0.5, 0.6) is 0 Å². The molecule has 0 saturated carbocycles. The molecule has 2 heterocycles. The second-order valence-electron chi connectivity index (χ2n) is 7.18. The Morgan fingerprint density at radius 1 is 1.44 bits per heavy atom. The van der Waals surface area contributed by atoms with E-state index in [4.69, 9.17) is 4.74 Å². The van der Waals surface area contributed by atoms with Crippen molar-refractivity contribution in [1.82, 2.24) is 14.8 Å². The van der Waals surface area contributed by atoms with Crippen LogP contribution in [-0.4, -0.2) is 67.6 Å². The third-order valence-electron chi connectivity index (χ3n) is 5.59. The normalized spacial score (nSPS) is 22.6. The molecule has 1 aliphatic carbocycles. The molecular weight excluding hydrogens is 314 g/mol. The SMILES string of the molecule is COCCN(C)C(=O)C1C=C2c3cccc4[nH]cc(c34)CC2N(C)C1. The molecule has 0 saturated heterocycles.